The van der Waals surface area contributed by atoms with Crippen LogP contribution in [0.25, 0.3) is 16.9 Å². The highest BCUT2D eigenvalue weighted by atomic mass is 16.1. The summed E-state index contributed by atoms with van der Waals surface area (Å²) in [7, 11) is 0. The van der Waals surface area contributed by atoms with Crippen LogP contribution in [0.1, 0.15) is 11.1 Å². The van der Waals surface area contributed by atoms with Gasteiger partial charge < -0.3 is 4.98 Å². The molecule has 2 heterocycles. The third-order valence-electron chi connectivity index (χ3n) is 2.82. The molecular formula is C12H11N5O. The number of nitrogens with zero attached hydrogens (tertiary/aromatic N) is 4. The second-order valence-corrected chi connectivity index (χ2v) is 4.20. The number of nitrogens with one attached hydrogen (secondary N) is 1. The second kappa shape index (κ2) is 3.76. The minimum atomic E-state index is -0.281. The van der Waals surface area contributed by atoms with E-state index in [1.807, 2.05) is 26.0 Å². The van der Waals surface area contributed by atoms with Crippen molar-refractivity contribution < 1.29 is 0 Å². The number of H-pyrrole nitrogens is 1. The number of benzene rings is 1. The summed E-state index contributed by atoms with van der Waals surface area (Å²) >= 11 is 0. The number of fused-ring (bicyclic) bond motifs is 1. The number of hydrogen-bond acceptors (Lipinski definition) is 4. The van der Waals surface area contributed by atoms with E-state index in [0.29, 0.717) is 5.65 Å². The van der Waals surface area contributed by atoms with Gasteiger partial charge in [0.25, 0.3) is 5.56 Å². The third-order valence-corrected chi connectivity index (χ3v) is 2.82. The van der Waals surface area contributed by atoms with E-state index in [-0.39, 0.29) is 11.1 Å². The Balaban J connectivity index is 2.32. The first kappa shape index (κ1) is 10.6. The zero-order chi connectivity index (χ0) is 12.7. The van der Waals surface area contributed by atoms with Crippen molar-refractivity contribution in [2.45, 2.75) is 13.8 Å². The summed E-state index contributed by atoms with van der Waals surface area (Å²) in [6.45, 7) is 4.02. The Morgan fingerprint density at radius 2 is 2.11 bits per heavy atom. The maximum absolute atomic E-state index is 11.6. The zero-order valence-electron chi connectivity index (χ0n) is 10.0. The molecule has 0 unspecified atom stereocenters. The van der Waals surface area contributed by atoms with E-state index in [0.717, 1.165) is 11.3 Å². The Kier molecular flexibility index (Phi) is 2.22. The molecule has 3 rings (SSSR count). The minimum Gasteiger partial charge on any atom is -0.311 e. The lowest BCUT2D eigenvalue weighted by Crippen LogP contribution is -2.07. The van der Waals surface area contributed by atoms with Gasteiger partial charge >= 0.3 is 0 Å². The molecule has 18 heavy (non-hydrogen) atoms. The van der Waals surface area contributed by atoms with E-state index in [1.54, 1.807) is 4.68 Å². The van der Waals surface area contributed by atoms with Gasteiger partial charge in [-0.1, -0.05) is 22.9 Å². The van der Waals surface area contributed by atoms with Crippen molar-refractivity contribution in [3.8, 4) is 5.69 Å². The molecule has 0 saturated carbocycles. The number of aryl methyl sites for hydroxylation is 2. The van der Waals surface area contributed by atoms with E-state index < -0.39 is 0 Å². The summed E-state index contributed by atoms with van der Waals surface area (Å²) in [4.78, 5) is 18.2. The Bertz CT molecular complexity index is 787. The van der Waals surface area contributed by atoms with Crippen molar-refractivity contribution in [2.24, 2.45) is 0 Å². The molecule has 0 spiro atoms. The molecule has 2 aromatic heterocycles. The fourth-order valence-corrected chi connectivity index (χ4v) is 1.97. The number of rotatable bonds is 1. The fourth-order valence-electron chi connectivity index (χ4n) is 1.97. The van der Waals surface area contributed by atoms with Crippen LogP contribution in [0.15, 0.2) is 29.3 Å². The normalized spacial score (nSPS) is 11.0. The van der Waals surface area contributed by atoms with E-state index in [1.165, 1.54) is 11.9 Å². The summed E-state index contributed by atoms with van der Waals surface area (Å²) in [5.41, 5.74) is 3.54. The van der Waals surface area contributed by atoms with Crippen molar-refractivity contribution in [2.75, 3.05) is 0 Å². The molecule has 0 aliphatic carbocycles. The Morgan fingerprint density at radius 3 is 2.89 bits per heavy atom. The van der Waals surface area contributed by atoms with Crippen LogP contribution in [0.3, 0.4) is 0 Å². The molecule has 90 valence electrons. The SMILES string of the molecule is Cc1ccc(-n2nnc3c(=O)[nH]cnc32)c(C)c1. The van der Waals surface area contributed by atoms with Gasteiger partial charge in [-0.05, 0) is 25.5 Å². The van der Waals surface area contributed by atoms with Crippen molar-refractivity contribution in [1.82, 2.24) is 25.0 Å². The standard InChI is InChI=1S/C12H11N5O/c1-7-3-4-9(8(2)5-7)17-11-10(15-16-17)12(18)14-6-13-11/h3-6H,1-2H3,(H,13,14,18). The first-order valence-corrected chi connectivity index (χ1v) is 5.53. The highest BCUT2D eigenvalue weighted by molar-refractivity contribution is 5.70. The lowest BCUT2D eigenvalue weighted by atomic mass is 10.1. The van der Waals surface area contributed by atoms with Crippen molar-refractivity contribution >= 4 is 11.2 Å². The lowest BCUT2D eigenvalue weighted by molar-refractivity contribution is 0.812. The highest BCUT2D eigenvalue weighted by Gasteiger charge is 2.11. The van der Waals surface area contributed by atoms with E-state index in [2.05, 4.69) is 26.3 Å². The van der Waals surface area contributed by atoms with Crippen LogP contribution in [0.5, 0.6) is 0 Å². The Morgan fingerprint density at radius 1 is 1.28 bits per heavy atom. The smallest absolute Gasteiger partial charge is 0.280 e. The lowest BCUT2D eigenvalue weighted by Gasteiger charge is -2.06. The molecule has 1 N–H and O–H groups in total. The molecular weight excluding hydrogens is 230 g/mol. The molecule has 0 radical (unpaired) electrons. The molecule has 0 aliphatic heterocycles. The predicted octanol–water partition coefficient (Wildman–Crippen LogP) is 1.12. The molecule has 1 aromatic carbocycles. The summed E-state index contributed by atoms with van der Waals surface area (Å²) in [5.74, 6) is 0. The van der Waals surface area contributed by atoms with Crippen LogP contribution in [0.4, 0.5) is 0 Å². The van der Waals surface area contributed by atoms with Crippen LogP contribution in [0.2, 0.25) is 0 Å². The van der Waals surface area contributed by atoms with Gasteiger partial charge in [0.1, 0.15) is 0 Å². The van der Waals surface area contributed by atoms with Crippen molar-refractivity contribution in [3.05, 3.63) is 46.0 Å². The number of aromatic amines is 1. The van der Waals surface area contributed by atoms with E-state index in [9.17, 15) is 4.79 Å². The van der Waals surface area contributed by atoms with Crippen LogP contribution >= 0.6 is 0 Å². The molecule has 3 aromatic rings. The van der Waals surface area contributed by atoms with Gasteiger partial charge in [0, 0.05) is 0 Å². The monoisotopic (exact) mass is 241 g/mol. The summed E-state index contributed by atoms with van der Waals surface area (Å²) in [5, 5.41) is 7.87. The van der Waals surface area contributed by atoms with Gasteiger partial charge in [0.2, 0.25) is 0 Å². The molecule has 0 amide bonds. The number of hydrogen-bond donors (Lipinski definition) is 1. The van der Waals surface area contributed by atoms with Crippen LogP contribution in [-0.2, 0) is 0 Å². The molecule has 6 nitrogen and oxygen atoms in total. The number of aromatic nitrogens is 5. The van der Waals surface area contributed by atoms with Crippen molar-refractivity contribution in [3.63, 3.8) is 0 Å². The molecule has 0 aliphatic rings. The van der Waals surface area contributed by atoms with Gasteiger partial charge in [-0.2, -0.15) is 4.68 Å². The highest BCUT2D eigenvalue weighted by Crippen LogP contribution is 2.17. The zero-order valence-corrected chi connectivity index (χ0v) is 10.0. The Labute approximate surface area is 102 Å². The van der Waals surface area contributed by atoms with Crippen molar-refractivity contribution in [1.29, 1.82) is 0 Å². The van der Waals surface area contributed by atoms with Crippen LogP contribution in [-0.4, -0.2) is 25.0 Å². The van der Waals surface area contributed by atoms with Gasteiger partial charge in [-0.3, -0.25) is 4.79 Å². The Hall–Kier alpha value is -2.50. The minimum absolute atomic E-state index is 0.248. The third kappa shape index (κ3) is 1.50. The second-order valence-electron chi connectivity index (χ2n) is 4.20. The average Bonchev–Trinajstić information content (AvgIpc) is 2.74. The topological polar surface area (TPSA) is 76.5 Å². The quantitative estimate of drug-likeness (QED) is 0.692. The maximum Gasteiger partial charge on any atom is 0.280 e. The van der Waals surface area contributed by atoms with Gasteiger partial charge in [-0.15, -0.1) is 5.10 Å². The van der Waals surface area contributed by atoms with E-state index in [4.69, 9.17) is 0 Å². The van der Waals surface area contributed by atoms with Gasteiger partial charge in [-0.25, -0.2) is 4.98 Å². The summed E-state index contributed by atoms with van der Waals surface area (Å²) in [6.07, 6.45) is 1.36. The maximum atomic E-state index is 11.6. The molecule has 0 atom stereocenters. The predicted molar refractivity (Wildman–Crippen MR) is 66.8 cm³/mol. The molecule has 6 heteroatoms. The van der Waals surface area contributed by atoms with Crippen LogP contribution < -0.4 is 5.56 Å². The first-order chi connectivity index (χ1) is 8.66. The molecule has 0 saturated heterocycles. The largest absolute Gasteiger partial charge is 0.311 e. The van der Waals surface area contributed by atoms with Gasteiger partial charge in [0.05, 0.1) is 12.0 Å². The first-order valence-electron chi connectivity index (χ1n) is 5.53. The van der Waals surface area contributed by atoms with E-state index >= 15 is 0 Å². The summed E-state index contributed by atoms with van der Waals surface area (Å²) < 4.78 is 1.58. The fraction of sp³-hybridized carbons (Fsp3) is 0.167. The van der Waals surface area contributed by atoms with Gasteiger partial charge in [0.15, 0.2) is 11.2 Å². The molecule has 0 fully saturated rings. The average molecular weight is 241 g/mol. The molecule has 0 bridgehead atoms. The van der Waals surface area contributed by atoms with Crippen LogP contribution in [0, 0.1) is 13.8 Å². The summed E-state index contributed by atoms with van der Waals surface area (Å²) in [6, 6.07) is 5.99.